The quantitative estimate of drug-likeness (QED) is 0.595. The molecule has 0 heterocycles. The highest BCUT2D eigenvalue weighted by atomic mass is 16.1. The van der Waals surface area contributed by atoms with Crippen molar-refractivity contribution in [2.75, 3.05) is 7.05 Å². The van der Waals surface area contributed by atoms with Crippen molar-refractivity contribution in [3.8, 4) is 0 Å². The van der Waals surface area contributed by atoms with Crippen LogP contribution < -0.4 is 5.32 Å². The molecule has 0 saturated heterocycles. The van der Waals surface area contributed by atoms with Crippen LogP contribution >= 0.6 is 0 Å². The van der Waals surface area contributed by atoms with Crippen molar-refractivity contribution in [1.82, 2.24) is 5.32 Å². The molecule has 1 atom stereocenters. The van der Waals surface area contributed by atoms with E-state index in [1.54, 1.807) is 13.1 Å². The molecular weight excluding hydrogens is 126 g/mol. The van der Waals surface area contributed by atoms with Crippen LogP contribution in [0.1, 0.15) is 20.3 Å². The first-order valence-corrected chi connectivity index (χ1v) is 3.46. The van der Waals surface area contributed by atoms with Crippen LogP contribution in [-0.2, 0) is 4.79 Å². The zero-order chi connectivity index (χ0) is 8.20. The van der Waals surface area contributed by atoms with E-state index in [4.69, 9.17) is 0 Å². The van der Waals surface area contributed by atoms with Crippen molar-refractivity contribution >= 4 is 5.78 Å². The van der Waals surface area contributed by atoms with Crippen LogP contribution in [0.2, 0.25) is 0 Å². The summed E-state index contributed by atoms with van der Waals surface area (Å²) in [6, 6.07) is 0. The standard InChI is InChI=1S/C8H15NO/c1-5-7(10)8(3,6-2)9-4/h6,9H,2,5H2,1,3-4H3. The Morgan fingerprint density at radius 3 is 2.40 bits per heavy atom. The first kappa shape index (κ1) is 9.37. The summed E-state index contributed by atoms with van der Waals surface area (Å²) in [5.41, 5.74) is -0.533. The molecule has 2 heteroatoms. The normalized spacial score (nSPS) is 15.9. The summed E-state index contributed by atoms with van der Waals surface area (Å²) in [6.45, 7) is 7.26. The molecule has 0 aromatic carbocycles. The largest absolute Gasteiger partial charge is 0.305 e. The Morgan fingerprint density at radius 1 is 1.80 bits per heavy atom. The van der Waals surface area contributed by atoms with Crippen molar-refractivity contribution in [3.63, 3.8) is 0 Å². The van der Waals surface area contributed by atoms with E-state index in [0.717, 1.165) is 0 Å². The molecule has 0 aliphatic heterocycles. The number of rotatable bonds is 4. The van der Waals surface area contributed by atoms with Crippen LogP contribution in [-0.4, -0.2) is 18.4 Å². The van der Waals surface area contributed by atoms with E-state index in [1.807, 2.05) is 13.8 Å². The van der Waals surface area contributed by atoms with Gasteiger partial charge in [-0.2, -0.15) is 0 Å². The Kier molecular flexibility index (Phi) is 3.30. The van der Waals surface area contributed by atoms with Gasteiger partial charge in [-0.15, -0.1) is 6.58 Å². The molecule has 0 rings (SSSR count). The molecule has 10 heavy (non-hydrogen) atoms. The Bertz CT molecular complexity index is 142. The molecule has 0 amide bonds. The number of carbonyl (C=O) groups is 1. The maximum atomic E-state index is 11.2. The van der Waals surface area contributed by atoms with Gasteiger partial charge in [-0.1, -0.05) is 13.0 Å². The van der Waals surface area contributed by atoms with Gasteiger partial charge < -0.3 is 5.32 Å². The van der Waals surface area contributed by atoms with Crippen molar-refractivity contribution in [1.29, 1.82) is 0 Å². The lowest BCUT2D eigenvalue weighted by Crippen LogP contribution is -2.45. The highest BCUT2D eigenvalue weighted by molar-refractivity contribution is 5.89. The van der Waals surface area contributed by atoms with E-state index in [-0.39, 0.29) is 5.78 Å². The molecule has 0 aliphatic rings. The average Bonchev–Trinajstić information content (AvgIpc) is 2.01. The first-order valence-electron chi connectivity index (χ1n) is 3.46. The topological polar surface area (TPSA) is 29.1 Å². The van der Waals surface area contributed by atoms with Crippen LogP contribution in [0, 0.1) is 0 Å². The fourth-order valence-electron chi connectivity index (χ4n) is 0.723. The molecule has 0 aromatic rings. The molecule has 0 saturated carbocycles. The molecule has 1 N–H and O–H groups in total. The predicted molar refractivity (Wildman–Crippen MR) is 43.0 cm³/mol. The Balaban J connectivity index is 4.31. The highest BCUT2D eigenvalue weighted by Gasteiger charge is 2.24. The summed E-state index contributed by atoms with van der Waals surface area (Å²) in [5, 5.41) is 2.91. The Morgan fingerprint density at radius 2 is 2.30 bits per heavy atom. The van der Waals surface area contributed by atoms with Crippen LogP contribution in [0.5, 0.6) is 0 Å². The van der Waals surface area contributed by atoms with Crippen molar-refractivity contribution in [2.24, 2.45) is 0 Å². The number of hydrogen-bond acceptors (Lipinski definition) is 2. The van der Waals surface area contributed by atoms with Gasteiger partial charge in [-0.25, -0.2) is 0 Å². The van der Waals surface area contributed by atoms with Crippen LogP contribution in [0.3, 0.4) is 0 Å². The molecule has 0 aliphatic carbocycles. The van der Waals surface area contributed by atoms with Crippen LogP contribution in [0.4, 0.5) is 0 Å². The van der Waals surface area contributed by atoms with E-state index < -0.39 is 5.54 Å². The van der Waals surface area contributed by atoms with E-state index in [0.29, 0.717) is 6.42 Å². The van der Waals surface area contributed by atoms with Crippen molar-refractivity contribution < 1.29 is 4.79 Å². The number of ketones is 1. The monoisotopic (exact) mass is 141 g/mol. The predicted octanol–water partition coefficient (Wildman–Crippen LogP) is 1.13. The minimum absolute atomic E-state index is 0.171. The van der Waals surface area contributed by atoms with Gasteiger partial charge in [0.15, 0.2) is 5.78 Å². The second-order valence-electron chi connectivity index (χ2n) is 2.43. The molecule has 0 fully saturated rings. The second kappa shape index (κ2) is 3.52. The molecule has 0 bridgehead atoms. The van der Waals surface area contributed by atoms with Gasteiger partial charge in [-0.3, -0.25) is 4.79 Å². The maximum absolute atomic E-state index is 11.2. The lowest BCUT2D eigenvalue weighted by atomic mass is 9.95. The highest BCUT2D eigenvalue weighted by Crippen LogP contribution is 2.07. The molecular formula is C8H15NO. The minimum atomic E-state index is -0.533. The molecule has 0 aromatic heterocycles. The Labute approximate surface area is 62.3 Å². The van der Waals surface area contributed by atoms with Gasteiger partial charge in [-0.05, 0) is 14.0 Å². The summed E-state index contributed by atoms with van der Waals surface area (Å²) in [6.07, 6.45) is 2.18. The lowest BCUT2D eigenvalue weighted by Gasteiger charge is -2.22. The summed E-state index contributed by atoms with van der Waals surface area (Å²) < 4.78 is 0. The number of nitrogens with one attached hydrogen (secondary N) is 1. The average molecular weight is 141 g/mol. The van der Waals surface area contributed by atoms with Crippen molar-refractivity contribution in [3.05, 3.63) is 12.7 Å². The number of Topliss-reactive ketones (excluding diaryl/α,β-unsaturated/α-hetero) is 1. The van der Waals surface area contributed by atoms with Crippen LogP contribution in [0.25, 0.3) is 0 Å². The fourth-order valence-corrected chi connectivity index (χ4v) is 0.723. The maximum Gasteiger partial charge on any atom is 0.156 e. The summed E-state index contributed by atoms with van der Waals surface area (Å²) in [4.78, 5) is 11.2. The van der Waals surface area contributed by atoms with Gasteiger partial charge in [0, 0.05) is 6.42 Å². The number of carbonyl (C=O) groups excluding carboxylic acids is 1. The van der Waals surface area contributed by atoms with E-state index in [2.05, 4.69) is 11.9 Å². The third kappa shape index (κ3) is 1.67. The fraction of sp³-hybridized carbons (Fsp3) is 0.625. The zero-order valence-electron chi connectivity index (χ0n) is 6.90. The zero-order valence-corrected chi connectivity index (χ0v) is 6.90. The van der Waals surface area contributed by atoms with Gasteiger partial charge >= 0.3 is 0 Å². The van der Waals surface area contributed by atoms with E-state index in [1.165, 1.54) is 0 Å². The van der Waals surface area contributed by atoms with E-state index in [9.17, 15) is 4.79 Å². The minimum Gasteiger partial charge on any atom is -0.305 e. The Hall–Kier alpha value is -0.630. The lowest BCUT2D eigenvalue weighted by molar-refractivity contribution is -0.122. The third-order valence-electron chi connectivity index (χ3n) is 1.83. The molecule has 0 radical (unpaired) electrons. The van der Waals surface area contributed by atoms with Gasteiger partial charge in [0.05, 0.1) is 5.54 Å². The van der Waals surface area contributed by atoms with Gasteiger partial charge in [0.1, 0.15) is 0 Å². The van der Waals surface area contributed by atoms with Gasteiger partial charge in [0.2, 0.25) is 0 Å². The molecule has 58 valence electrons. The number of hydrogen-bond donors (Lipinski definition) is 1. The summed E-state index contributed by atoms with van der Waals surface area (Å²) >= 11 is 0. The summed E-state index contributed by atoms with van der Waals surface area (Å²) in [5.74, 6) is 0.171. The van der Waals surface area contributed by atoms with Crippen LogP contribution in [0.15, 0.2) is 12.7 Å². The smallest absolute Gasteiger partial charge is 0.156 e. The first-order chi connectivity index (χ1) is 4.60. The number of likely N-dealkylation sites (N-methyl/N-ethyl adjacent to an activating group) is 1. The van der Waals surface area contributed by atoms with Gasteiger partial charge in [0.25, 0.3) is 0 Å². The second-order valence-corrected chi connectivity index (χ2v) is 2.43. The molecule has 2 nitrogen and oxygen atoms in total. The SMILES string of the molecule is C=CC(C)(NC)C(=O)CC. The summed E-state index contributed by atoms with van der Waals surface area (Å²) in [7, 11) is 1.76. The molecule has 0 spiro atoms. The van der Waals surface area contributed by atoms with Crippen molar-refractivity contribution in [2.45, 2.75) is 25.8 Å². The molecule has 1 unspecified atom stereocenters. The van der Waals surface area contributed by atoms with E-state index >= 15 is 0 Å². The third-order valence-corrected chi connectivity index (χ3v) is 1.83.